The maximum atomic E-state index is 13.6. The summed E-state index contributed by atoms with van der Waals surface area (Å²) in [5.74, 6) is -4.15. The zero-order chi connectivity index (χ0) is 14.8. The first-order valence-electron chi connectivity index (χ1n) is 6.16. The minimum atomic E-state index is -1.56. The summed E-state index contributed by atoms with van der Waals surface area (Å²) in [7, 11) is 0. The van der Waals surface area contributed by atoms with Gasteiger partial charge in [-0.3, -0.25) is 0 Å². The topological polar surface area (TPSA) is 32.3 Å². The van der Waals surface area contributed by atoms with Gasteiger partial charge in [-0.05, 0) is 46.7 Å². The molecule has 2 N–H and O–H groups in total. The lowest BCUT2D eigenvalue weighted by Crippen LogP contribution is -2.39. The highest BCUT2D eigenvalue weighted by molar-refractivity contribution is 5.25. The fraction of sp³-hybridized carbons (Fsp3) is 0.571. The van der Waals surface area contributed by atoms with Gasteiger partial charge in [0.05, 0.1) is 5.60 Å². The largest absolute Gasteiger partial charge is 0.385 e. The summed E-state index contributed by atoms with van der Waals surface area (Å²) in [5.41, 5.74) is -1.93. The predicted octanol–water partition coefficient (Wildman–Crippen LogP) is 3.09. The Labute approximate surface area is 111 Å². The SMILES string of the molecule is CC(C)(C)NCCC(C)(O)c1ccc(F)c(F)c1F. The van der Waals surface area contributed by atoms with E-state index in [1.54, 1.807) is 0 Å². The van der Waals surface area contributed by atoms with Gasteiger partial charge in [-0.25, -0.2) is 13.2 Å². The average Bonchev–Trinajstić information content (AvgIpc) is 2.23. The van der Waals surface area contributed by atoms with Crippen LogP contribution in [0.25, 0.3) is 0 Å². The van der Waals surface area contributed by atoms with Gasteiger partial charge in [0, 0.05) is 11.1 Å². The van der Waals surface area contributed by atoms with Crippen molar-refractivity contribution >= 4 is 0 Å². The minimum absolute atomic E-state index is 0.136. The third-order valence-corrected chi connectivity index (χ3v) is 2.88. The van der Waals surface area contributed by atoms with Crippen LogP contribution in [0.5, 0.6) is 0 Å². The summed E-state index contributed by atoms with van der Waals surface area (Å²) in [4.78, 5) is 0. The molecular weight excluding hydrogens is 255 g/mol. The lowest BCUT2D eigenvalue weighted by Gasteiger charge is -2.27. The molecule has 0 aromatic heterocycles. The Morgan fingerprint density at radius 2 is 1.63 bits per heavy atom. The summed E-state index contributed by atoms with van der Waals surface area (Å²) in [6.45, 7) is 7.68. The van der Waals surface area contributed by atoms with Crippen molar-refractivity contribution in [3.8, 4) is 0 Å². The van der Waals surface area contributed by atoms with Crippen molar-refractivity contribution in [1.29, 1.82) is 0 Å². The number of benzene rings is 1. The van der Waals surface area contributed by atoms with E-state index in [4.69, 9.17) is 0 Å². The molecule has 1 unspecified atom stereocenters. The van der Waals surface area contributed by atoms with Crippen molar-refractivity contribution in [2.45, 2.75) is 45.3 Å². The normalized spacial score (nSPS) is 15.4. The third-order valence-electron chi connectivity index (χ3n) is 2.88. The van der Waals surface area contributed by atoms with Crippen LogP contribution in [0.4, 0.5) is 13.2 Å². The second-order valence-electron chi connectivity index (χ2n) is 5.92. The third kappa shape index (κ3) is 4.21. The molecule has 5 heteroatoms. The molecule has 0 aliphatic carbocycles. The van der Waals surface area contributed by atoms with Crippen molar-refractivity contribution in [3.63, 3.8) is 0 Å². The van der Waals surface area contributed by atoms with Crippen LogP contribution < -0.4 is 5.32 Å². The highest BCUT2D eigenvalue weighted by Crippen LogP contribution is 2.28. The molecule has 0 aliphatic rings. The zero-order valence-corrected chi connectivity index (χ0v) is 11.7. The second-order valence-corrected chi connectivity index (χ2v) is 5.92. The van der Waals surface area contributed by atoms with E-state index in [1.165, 1.54) is 6.92 Å². The number of nitrogens with one attached hydrogen (secondary N) is 1. The first-order chi connectivity index (χ1) is 8.54. The number of hydrogen-bond acceptors (Lipinski definition) is 2. The van der Waals surface area contributed by atoms with Crippen molar-refractivity contribution in [1.82, 2.24) is 5.32 Å². The fourth-order valence-electron chi connectivity index (χ4n) is 1.76. The maximum Gasteiger partial charge on any atom is 0.194 e. The molecule has 1 rings (SSSR count). The fourth-order valence-corrected chi connectivity index (χ4v) is 1.76. The standard InChI is InChI=1S/C14H20F3NO/c1-13(2,3)18-8-7-14(4,19)9-5-6-10(15)12(17)11(9)16/h5-6,18-19H,7-8H2,1-4H3. The van der Waals surface area contributed by atoms with Gasteiger partial charge in [0.15, 0.2) is 17.5 Å². The van der Waals surface area contributed by atoms with E-state index < -0.39 is 23.1 Å². The van der Waals surface area contributed by atoms with Gasteiger partial charge in [-0.1, -0.05) is 6.07 Å². The highest BCUT2D eigenvalue weighted by atomic mass is 19.2. The molecule has 0 bridgehead atoms. The molecular formula is C14H20F3NO. The first-order valence-corrected chi connectivity index (χ1v) is 6.16. The van der Waals surface area contributed by atoms with Crippen LogP contribution in [0.15, 0.2) is 12.1 Å². The Kier molecular flexibility index (Phi) is 4.63. The Bertz CT molecular complexity index is 453. The number of aliphatic hydroxyl groups is 1. The molecule has 1 aromatic rings. The Hall–Kier alpha value is -1.07. The van der Waals surface area contributed by atoms with Crippen molar-refractivity contribution in [2.24, 2.45) is 0 Å². The van der Waals surface area contributed by atoms with Gasteiger partial charge in [-0.15, -0.1) is 0 Å². The molecule has 0 radical (unpaired) electrons. The molecule has 19 heavy (non-hydrogen) atoms. The maximum absolute atomic E-state index is 13.6. The number of halogens is 3. The summed E-state index contributed by atoms with van der Waals surface area (Å²) in [6.07, 6.45) is 0.187. The van der Waals surface area contributed by atoms with Crippen LogP contribution in [0.2, 0.25) is 0 Å². The van der Waals surface area contributed by atoms with Crippen LogP contribution in [0.3, 0.4) is 0 Å². The molecule has 0 heterocycles. The molecule has 0 aliphatic heterocycles. The van der Waals surface area contributed by atoms with E-state index in [0.717, 1.165) is 12.1 Å². The van der Waals surface area contributed by atoms with Gasteiger partial charge in [-0.2, -0.15) is 0 Å². The van der Waals surface area contributed by atoms with Gasteiger partial charge >= 0.3 is 0 Å². The van der Waals surface area contributed by atoms with E-state index in [1.807, 2.05) is 20.8 Å². The summed E-state index contributed by atoms with van der Waals surface area (Å²) in [5, 5.41) is 13.4. The Morgan fingerprint density at radius 3 is 2.16 bits per heavy atom. The van der Waals surface area contributed by atoms with Crippen LogP contribution in [-0.2, 0) is 5.60 Å². The lowest BCUT2D eigenvalue weighted by molar-refractivity contribution is 0.0418. The van der Waals surface area contributed by atoms with Crippen LogP contribution in [-0.4, -0.2) is 17.2 Å². The lowest BCUT2D eigenvalue weighted by atomic mass is 9.91. The molecule has 1 atom stereocenters. The smallest absolute Gasteiger partial charge is 0.194 e. The van der Waals surface area contributed by atoms with Crippen molar-refractivity contribution in [2.75, 3.05) is 6.54 Å². The Morgan fingerprint density at radius 1 is 1.05 bits per heavy atom. The summed E-state index contributed by atoms with van der Waals surface area (Å²) < 4.78 is 39.6. The Balaban J connectivity index is 2.86. The monoisotopic (exact) mass is 275 g/mol. The molecule has 0 fully saturated rings. The highest BCUT2D eigenvalue weighted by Gasteiger charge is 2.29. The number of rotatable bonds is 4. The predicted molar refractivity (Wildman–Crippen MR) is 68.3 cm³/mol. The van der Waals surface area contributed by atoms with E-state index in [9.17, 15) is 18.3 Å². The van der Waals surface area contributed by atoms with Crippen LogP contribution >= 0.6 is 0 Å². The second kappa shape index (κ2) is 5.51. The van der Waals surface area contributed by atoms with Gasteiger partial charge in [0.1, 0.15) is 0 Å². The molecule has 2 nitrogen and oxygen atoms in total. The van der Waals surface area contributed by atoms with E-state index in [0.29, 0.717) is 6.54 Å². The van der Waals surface area contributed by atoms with Crippen molar-refractivity contribution < 1.29 is 18.3 Å². The van der Waals surface area contributed by atoms with E-state index in [2.05, 4.69) is 5.32 Å². The van der Waals surface area contributed by atoms with E-state index >= 15 is 0 Å². The van der Waals surface area contributed by atoms with Gasteiger partial charge < -0.3 is 10.4 Å². The zero-order valence-electron chi connectivity index (χ0n) is 11.7. The van der Waals surface area contributed by atoms with E-state index in [-0.39, 0.29) is 17.5 Å². The van der Waals surface area contributed by atoms with Gasteiger partial charge in [0.2, 0.25) is 0 Å². The van der Waals surface area contributed by atoms with Crippen LogP contribution in [0.1, 0.15) is 39.7 Å². The van der Waals surface area contributed by atoms with Gasteiger partial charge in [0.25, 0.3) is 0 Å². The quantitative estimate of drug-likeness (QED) is 0.828. The molecule has 0 saturated carbocycles. The van der Waals surface area contributed by atoms with Crippen molar-refractivity contribution in [3.05, 3.63) is 35.1 Å². The molecule has 0 amide bonds. The average molecular weight is 275 g/mol. The summed E-state index contributed by atoms with van der Waals surface area (Å²) in [6, 6.07) is 1.89. The van der Waals surface area contributed by atoms with Crippen LogP contribution in [0, 0.1) is 17.5 Å². The number of hydrogen-bond donors (Lipinski definition) is 2. The molecule has 1 aromatic carbocycles. The minimum Gasteiger partial charge on any atom is -0.385 e. The molecule has 108 valence electrons. The summed E-state index contributed by atoms with van der Waals surface area (Å²) >= 11 is 0. The molecule has 0 saturated heterocycles. The molecule has 0 spiro atoms. The first kappa shape index (κ1) is 16.0.